The Hall–Kier alpha value is -1.39. The molecule has 0 radical (unpaired) electrons. The molecule has 1 fully saturated rings. The molecule has 0 atom stereocenters. The molecule has 1 aliphatic rings. The smallest absolute Gasteiger partial charge is 0.325 e. The molecule has 1 aromatic heterocycles. The first-order valence-electron chi connectivity index (χ1n) is 6.77. The van der Waals surface area contributed by atoms with E-state index < -0.39 is 5.97 Å². The van der Waals surface area contributed by atoms with Crippen molar-refractivity contribution >= 4 is 5.97 Å². The van der Waals surface area contributed by atoms with Crippen molar-refractivity contribution in [1.29, 1.82) is 0 Å². The molecule has 0 bridgehead atoms. The number of carboxylic acid groups (broad SMARTS) is 1. The highest BCUT2D eigenvalue weighted by atomic mass is 16.4. The van der Waals surface area contributed by atoms with Gasteiger partial charge < -0.3 is 5.11 Å². The van der Waals surface area contributed by atoms with Gasteiger partial charge in [-0.3, -0.25) is 4.79 Å². The highest BCUT2D eigenvalue weighted by molar-refractivity contribution is 5.66. The van der Waals surface area contributed by atoms with Gasteiger partial charge in [-0.1, -0.05) is 32.1 Å². The summed E-state index contributed by atoms with van der Waals surface area (Å²) in [6, 6.07) is 0. The predicted molar refractivity (Wildman–Crippen MR) is 67.3 cm³/mol. The molecule has 1 N–H and O–H groups in total. The van der Waals surface area contributed by atoms with Gasteiger partial charge in [-0.05, 0) is 19.3 Å². The molecule has 0 aliphatic heterocycles. The van der Waals surface area contributed by atoms with E-state index in [1.54, 1.807) is 0 Å². The van der Waals surface area contributed by atoms with Crippen molar-refractivity contribution < 1.29 is 9.90 Å². The largest absolute Gasteiger partial charge is 0.480 e. The van der Waals surface area contributed by atoms with Crippen LogP contribution in [0, 0.1) is 12.8 Å². The lowest BCUT2D eigenvalue weighted by atomic mass is 9.86. The molecular weight excluding hydrogens is 230 g/mol. The van der Waals surface area contributed by atoms with Gasteiger partial charge in [0.1, 0.15) is 18.2 Å². The fourth-order valence-electron chi connectivity index (χ4n) is 2.75. The Morgan fingerprint density at radius 2 is 2.11 bits per heavy atom. The molecule has 5 heteroatoms. The standard InChI is InChI=1S/C13H21N3O2/c1-10-14-12(16(15-10)9-13(17)18)8-7-11-5-3-2-4-6-11/h11H,2-9H2,1H3,(H,17,18). The third kappa shape index (κ3) is 3.55. The maximum absolute atomic E-state index is 10.7. The minimum atomic E-state index is -0.862. The van der Waals surface area contributed by atoms with Crippen LogP contribution >= 0.6 is 0 Å². The van der Waals surface area contributed by atoms with Crippen molar-refractivity contribution in [2.75, 3.05) is 0 Å². The van der Waals surface area contributed by atoms with E-state index >= 15 is 0 Å². The Bertz CT molecular complexity index is 408. The van der Waals surface area contributed by atoms with E-state index in [0.29, 0.717) is 5.82 Å². The zero-order valence-corrected chi connectivity index (χ0v) is 10.9. The summed E-state index contributed by atoms with van der Waals surface area (Å²) in [6.07, 6.45) is 8.62. The van der Waals surface area contributed by atoms with Gasteiger partial charge in [0, 0.05) is 6.42 Å². The molecule has 0 aromatic carbocycles. The van der Waals surface area contributed by atoms with Crippen molar-refractivity contribution in [1.82, 2.24) is 14.8 Å². The van der Waals surface area contributed by atoms with Crippen LogP contribution in [0.1, 0.15) is 50.2 Å². The number of rotatable bonds is 5. The van der Waals surface area contributed by atoms with Crippen LogP contribution in [0.25, 0.3) is 0 Å². The Balaban J connectivity index is 1.93. The molecule has 0 spiro atoms. The van der Waals surface area contributed by atoms with E-state index in [1.807, 2.05) is 6.92 Å². The normalized spacial score (nSPS) is 16.9. The zero-order chi connectivity index (χ0) is 13.0. The Morgan fingerprint density at radius 1 is 1.39 bits per heavy atom. The van der Waals surface area contributed by atoms with Gasteiger partial charge in [0.15, 0.2) is 0 Å². The first-order chi connectivity index (χ1) is 8.65. The number of nitrogens with zero attached hydrogens (tertiary/aromatic N) is 3. The molecule has 1 aromatic rings. The van der Waals surface area contributed by atoms with Crippen LogP contribution in [0.15, 0.2) is 0 Å². The van der Waals surface area contributed by atoms with E-state index in [9.17, 15) is 4.79 Å². The Morgan fingerprint density at radius 3 is 2.78 bits per heavy atom. The van der Waals surface area contributed by atoms with Gasteiger partial charge in [-0.25, -0.2) is 9.67 Å². The number of carbonyl (C=O) groups is 1. The lowest BCUT2D eigenvalue weighted by Crippen LogP contribution is -2.15. The highest BCUT2D eigenvalue weighted by Gasteiger charge is 2.16. The number of aryl methyl sites for hydroxylation is 2. The second-order valence-corrected chi connectivity index (χ2v) is 5.17. The first-order valence-corrected chi connectivity index (χ1v) is 6.77. The van der Waals surface area contributed by atoms with E-state index in [2.05, 4.69) is 10.1 Å². The van der Waals surface area contributed by atoms with Gasteiger partial charge in [-0.2, -0.15) is 5.10 Å². The molecule has 100 valence electrons. The van der Waals surface area contributed by atoms with Crippen molar-refractivity contribution in [3.8, 4) is 0 Å². The van der Waals surface area contributed by atoms with Crippen LogP contribution in [-0.4, -0.2) is 25.8 Å². The summed E-state index contributed by atoms with van der Waals surface area (Å²) in [4.78, 5) is 15.1. The van der Waals surface area contributed by atoms with E-state index in [4.69, 9.17) is 5.11 Å². The molecule has 0 amide bonds. The fourth-order valence-corrected chi connectivity index (χ4v) is 2.75. The van der Waals surface area contributed by atoms with Gasteiger partial charge in [0.2, 0.25) is 0 Å². The van der Waals surface area contributed by atoms with Crippen LogP contribution in [0.5, 0.6) is 0 Å². The topological polar surface area (TPSA) is 68.0 Å². The highest BCUT2D eigenvalue weighted by Crippen LogP contribution is 2.27. The van der Waals surface area contributed by atoms with Gasteiger partial charge in [0.25, 0.3) is 0 Å². The quantitative estimate of drug-likeness (QED) is 0.871. The molecule has 1 saturated carbocycles. The fraction of sp³-hybridized carbons (Fsp3) is 0.769. The number of hydrogen-bond donors (Lipinski definition) is 1. The minimum Gasteiger partial charge on any atom is -0.480 e. The van der Waals surface area contributed by atoms with Crippen molar-refractivity contribution in [3.63, 3.8) is 0 Å². The first kappa shape index (κ1) is 13.1. The molecular formula is C13H21N3O2. The maximum atomic E-state index is 10.7. The molecule has 5 nitrogen and oxygen atoms in total. The lowest BCUT2D eigenvalue weighted by Gasteiger charge is -2.21. The molecule has 0 unspecified atom stereocenters. The number of carboxylic acids is 1. The summed E-state index contributed by atoms with van der Waals surface area (Å²) in [5.41, 5.74) is 0. The molecule has 0 saturated heterocycles. The van der Waals surface area contributed by atoms with Crippen molar-refractivity contribution in [2.45, 2.75) is 58.4 Å². The van der Waals surface area contributed by atoms with Crippen LogP contribution in [0.2, 0.25) is 0 Å². The SMILES string of the molecule is Cc1nc(CCC2CCCCC2)n(CC(=O)O)n1. The number of aromatic nitrogens is 3. The zero-order valence-electron chi connectivity index (χ0n) is 10.9. The van der Waals surface area contributed by atoms with Crippen LogP contribution in [-0.2, 0) is 17.8 Å². The number of aliphatic carboxylic acids is 1. The second kappa shape index (κ2) is 5.98. The molecule has 1 aliphatic carbocycles. The summed E-state index contributed by atoms with van der Waals surface area (Å²) >= 11 is 0. The third-order valence-corrected chi connectivity index (χ3v) is 3.64. The summed E-state index contributed by atoms with van der Waals surface area (Å²) < 4.78 is 1.53. The number of hydrogen-bond acceptors (Lipinski definition) is 3. The predicted octanol–water partition coefficient (Wildman–Crippen LogP) is 2.18. The summed E-state index contributed by atoms with van der Waals surface area (Å²) in [7, 11) is 0. The maximum Gasteiger partial charge on any atom is 0.325 e. The molecule has 2 rings (SSSR count). The average molecular weight is 251 g/mol. The van der Waals surface area contributed by atoms with Gasteiger partial charge in [-0.15, -0.1) is 0 Å². The van der Waals surface area contributed by atoms with Gasteiger partial charge in [0.05, 0.1) is 0 Å². The summed E-state index contributed by atoms with van der Waals surface area (Å²) in [5.74, 6) is 1.41. The van der Waals surface area contributed by atoms with Crippen molar-refractivity contribution in [3.05, 3.63) is 11.6 Å². The minimum absolute atomic E-state index is 0.0825. The van der Waals surface area contributed by atoms with E-state index in [-0.39, 0.29) is 6.54 Å². The van der Waals surface area contributed by atoms with Gasteiger partial charge >= 0.3 is 5.97 Å². The Labute approximate surface area is 107 Å². The van der Waals surface area contributed by atoms with Crippen molar-refractivity contribution in [2.24, 2.45) is 5.92 Å². The van der Waals surface area contributed by atoms with Crippen LogP contribution in [0.3, 0.4) is 0 Å². The summed E-state index contributed by atoms with van der Waals surface area (Å²) in [6.45, 7) is 1.73. The second-order valence-electron chi connectivity index (χ2n) is 5.17. The lowest BCUT2D eigenvalue weighted by molar-refractivity contribution is -0.137. The monoisotopic (exact) mass is 251 g/mol. The van der Waals surface area contributed by atoms with E-state index in [0.717, 1.165) is 24.6 Å². The summed E-state index contributed by atoms with van der Waals surface area (Å²) in [5, 5.41) is 13.0. The van der Waals surface area contributed by atoms with Crippen LogP contribution < -0.4 is 0 Å². The van der Waals surface area contributed by atoms with E-state index in [1.165, 1.54) is 36.8 Å². The third-order valence-electron chi connectivity index (χ3n) is 3.64. The average Bonchev–Trinajstić information content (AvgIpc) is 2.67. The molecule has 1 heterocycles. The Kier molecular flexibility index (Phi) is 4.33. The molecule has 18 heavy (non-hydrogen) atoms. The van der Waals surface area contributed by atoms with Crippen LogP contribution in [0.4, 0.5) is 0 Å².